The van der Waals surface area contributed by atoms with Crippen LogP contribution in [0.15, 0.2) is 18.2 Å². The molecule has 1 aliphatic rings. The number of ether oxygens (including phenoxy) is 2. The lowest BCUT2D eigenvalue weighted by Gasteiger charge is -2.34. The highest BCUT2D eigenvalue weighted by Crippen LogP contribution is 2.27. The molecule has 1 aromatic rings. The van der Waals surface area contributed by atoms with Crippen LogP contribution in [0.4, 0.5) is 0 Å². The second-order valence-electron chi connectivity index (χ2n) is 6.25. The van der Waals surface area contributed by atoms with Gasteiger partial charge in [0.15, 0.2) is 17.3 Å². The average Bonchev–Trinajstić information content (AvgIpc) is 2.65. The smallest absolute Gasteiger partial charge is 0.222 e. The molecular weight excluding hydrogens is 320 g/mol. The molecule has 0 N–H and O–H groups in total. The molecule has 1 amide bonds. The van der Waals surface area contributed by atoms with Crippen LogP contribution in [0.1, 0.15) is 36.5 Å². The van der Waals surface area contributed by atoms with Gasteiger partial charge < -0.3 is 14.4 Å². The van der Waals surface area contributed by atoms with Crippen molar-refractivity contribution < 1.29 is 19.1 Å². The lowest BCUT2D eigenvalue weighted by Crippen LogP contribution is -2.49. The Hall–Kier alpha value is -2.08. The third kappa shape index (κ3) is 5.19. The number of hydrogen-bond donors (Lipinski definition) is 0. The van der Waals surface area contributed by atoms with Crippen molar-refractivity contribution >= 4 is 11.7 Å². The maximum Gasteiger partial charge on any atom is 0.222 e. The van der Waals surface area contributed by atoms with Crippen molar-refractivity contribution in [3.05, 3.63) is 23.8 Å². The van der Waals surface area contributed by atoms with E-state index in [2.05, 4.69) is 11.8 Å². The molecule has 1 aliphatic heterocycles. The molecule has 1 saturated heterocycles. The van der Waals surface area contributed by atoms with Gasteiger partial charge in [-0.1, -0.05) is 13.3 Å². The number of hydrogen-bond acceptors (Lipinski definition) is 5. The van der Waals surface area contributed by atoms with Gasteiger partial charge in [0.25, 0.3) is 0 Å². The molecule has 25 heavy (non-hydrogen) atoms. The number of Topliss-reactive ketones (excluding diaryl/α,β-unsaturated/α-hetero) is 1. The monoisotopic (exact) mass is 348 g/mol. The van der Waals surface area contributed by atoms with Gasteiger partial charge in [0, 0.05) is 38.2 Å². The second-order valence-corrected chi connectivity index (χ2v) is 6.25. The summed E-state index contributed by atoms with van der Waals surface area (Å²) in [5, 5.41) is 0. The summed E-state index contributed by atoms with van der Waals surface area (Å²) < 4.78 is 10.5. The number of methoxy groups -OCH3 is 2. The van der Waals surface area contributed by atoms with E-state index < -0.39 is 0 Å². The molecule has 1 aromatic carbocycles. The number of benzene rings is 1. The van der Waals surface area contributed by atoms with E-state index in [1.807, 2.05) is 4.90 Å². The first kappa shape index (κ1) is 19.2. The SMILES string of the molecule is CCCCC(=O)N1CCN(CC(=O)c2ccc(OC)c(OC)c2)CC1. The van der Waals surface area contributed by atoms with Gasteiger partial charge in [0.2, 0.25) is 5.91 Å². The Labute approximate surface area is 149 Å². The van der Waals surface area contributed by atoms with Crippen LogP contribution in [0.25, 0.3) is 0 Å². The Morgan fingerprint density at radius 1 is 1.04 bits per heavy atom. The predicted molar refractivity (Wildman–Crippen MR) is 96.4 cm³/mol. The summed E-state index contributed by atoms with van der Waals surface area (Å²) in [5.74, 6) is 1.44. The molecule has 0 spiro atoms. The van der Waals surface area contributed by atoms with Crippen molar-refractivity contribution in [1.82, 2.24) is 9.80 Å². The largest absolute Gasteiger partial charge is 0.493 e. The minimum Gasteiger partial charge on any atom is -0.493 e. The molecule has 0 aliphatic carbocycles. The summed E-state index contributed by atoms with van der Waals surface area (Å²) in [5.41, 5.74) is 0.610. The number of carbonyl (C=O) groups is 2. The van der Waals surface area contributed by atoms with Crippen LogP contribution in [0.5, 0.6) is 11.5 Å². The summed E-state index contributed by atoms with van der Waals surface area (Å²) >= 11 is 0. The maximum atomic E-state index is 12.5. The molecule has 2 rings (SSSR count). The minimum atomic E-state index is 0.0479. The van der Waals surface area contributed by atoms with Gasteiger partial charge in [-0.25, -0.2) is 0 Å². The van der Waals surface area contributed by atoms with E-state index in [-0.39, 0.29) is 11.7 Å². The van der Waals surface area contributed by atoms with Gasteiger partial charge in [-0.2, -0.15) is 0 Å². The first-order chi connectivity index (χ1) is 12.1. The van der Waals surface area contributed by atoms with Crippen LogP contribution < -0.4 is 9.47 Å². The summed E-state index contributed by atoms with van der Waals surface area (Å²) in [6.45, 7) is 5.30. The summed E-state index contributed by atoms with van der Waals surface area (Å²) in [6, 6.07) is 5.22. The Bertz CT molecular complexity index is 595. The highest BCUT2D eigenvalue weighted by atomic mass is 16.5. The zero-order valence-corrected chi connectivity index (χ0v) is 15.4. The number of unbranched alkanes of at least 4 members (excludes halogenated alkanes) is 1. The number of nitrogens with zero attached hydrogens (tertiary/aromatic N) is 2. The fourth-order valence-electron chi connectivity index (χ4n) is 2.95. The van der Waals surface area contributed by atoms with E-state index in [1.54, 1.807) is 32.4 Å². The van der Waals surface area contributed by atoms with Crippen molar-refractivity contribution in [3.8, 4) is 11.5 Å². The first-order valence-electron chi connectivity index (χ1n) is 8.84. The molecule has 0 radical (unpaired) electrons. The third-order valence-electron chi connectivity index (χ3n) is 4.54. The molecule has 0 bridgehead atoms. The van der Waals surface area contributed by atoms with Crippen LogP contribution in [-0.2, 0) is 4.79 Å². The fraction of sp³-hybridized carbons (Fsp3) is 0.579. The van der Waals surface area contributed by atoms with E-state index in [9.17, 15) is 9.59 Å². The van der Waals surface area contributed by atoms with Gasteiger partial charge in [0.05, 0.1) is 20.8 Å². The average molecular weight is 348 g/mol. The molecule has 0 unspecified atom stereocenters. The molecule has 6 nitrogen and oxygen atoms in total. The van der Waals surface area contributed by atoms with Gasteiger partial charge in [-0.15, -0.1) is 0 Å². The standard InChI is InChI=1S/C19H28N2O4/c1-4-5-6-19(23)21-11-9-20(10-12-21)14-16(22)15-7-8-17(24-2)18(13-15)25-3/h7-8,13H,4-6,9-12,14H2,1-3H3. The summed E-state index contributed by atoms with van der Waals surface area (Å²) in [7, 11) is 3.13. The van der Waals surface area contributed by atoms with Crippen LogP contribution in [0, 0.1) is 0 Å². The Morgan fingerprint density at radius 2 is 1.72 bits per heavy atom. The van der Waals surface area contributed by atoms with E-state index in [0.717, 1.165) is 25.9 Å². The number of carbonyl (C=O) groups excluding carboxylic acids is 2. The Morgan fingerprint density at radius 3 is 2.32 bits per heavy atom. The molecule has 0 saturated carbocycles. The molecule has 138 valence electrons. The molecule has 0 aromatic heterocycles. The zero-order chi connectivity index (χ0) is 18.2. The molecule has 1 heterocycles. The molecule has 1 fully saturated rings. The van der Waals surface area contributed by atoms with Gasteiger partial charge in [-0.05, 0) is 24.6 Å². The molecule has 6 heteroatoms. The van der Waals surface area contributed by atoms with Crippen molar-refractivity contribution in [2.24, 2.45) is 0 Å². The van der Waals surface area contributed by atoms with Crippen molar-refractivity contribution in [2.45, 2.75) is 26.2 Å². The van der Waals surface area contributed by atoms with Crippen molar-refractivity contribution in [2.75, 3.05) is 46.9 Å². The van der Waals surface area contributed by atoms with Crippen LogP contribution in [-0.4, -0.2) is 68.4 Å². The van der Waals surface area contributed by atoms with Crippen molar-refractivity contribution in [1.29, 1.82) is 0 Å². The zero-order valence-electron chi connectivity index (χ0n) is 15.4. The van der Waals surface area contributed by atoms with Gasteiger partial charge >= 0.3 is 0 Å². The predicted octanol–water partition coefficient (Wildman–Crippen LogP) is 2.22. The van der Waals surface area contributed by atoms with E-state index in [4.69, 9.17) is 9.47 Å². The lowest BCUT2D eigenvalue weighted by molar-refractivity contribution is -0.132. The van der Waals surface area contributed by atoms with Crippen LogP contribution >= 0.6 is 0 Å². The van der Waals surface area contributed by atoms with Gasteiger partial charge in [-0.3, -0.25) is 14.5 Å². The summed E-state index contributed by atoms with van der Waals surface area (Å²) in [6.07, 6.45) is 2.60. The van der Waals surface area contributed by atoms with E-state index >= 15 is 0 Å². The third-order valence-corrected chi connectivity index (χ3v) is 4.54. The van der Waals surface area contributed by atoms with Gasteiger partial charge in [0.1, 0.15) is 0 Å². The maximum absolute atomic E-state index is 12.5. The number of amides is 1. The first-order valence-corrected chi connectivity index (χ1v) is 8.84. The number of ketones is 1. The fourth-order valence-corrected chi connectivity index (χ4v) is 2.95. The number of piperazine rings is 1. The molecule has 0 atom stereocenters. The second kappa shape index (κ2) is 9.42. The van der Waals surface area contributed by atoms with E-state index in [0.29, 0.717) is 43.1 Å². The lowest BCUT2D eigenvalue weighted by atomic mass is 10.1. The quantitative estimate of drug-likeness (QED) is 0.674. The normalized spacial score (nSPS) is 15.1. The number of rotatable bonds is 8. The topological polar surface area (TPSA) is 59.1 Å². The Kier molecular flexibility index (Phi) is 7.25. The van der Waals surface area contributed by atoms with E-state index in [1.165, 1.54) is 0 Å². The highest BCUT2D eigenvalue weighted by Gasteiger charge is 2.22. The minimum absolute atomic E-state index is 0.0479. The van der Waals surface area contributed by atoms with Crippen molar-refractivity contribution in [3.63, 3.8) is 0 Å². The Balaban J connectivity index is 1.87. The highest BCUT2D eigenvalue weighted by molar-refractivity contribution is 5.98. The molecular formula is C19H28N2O4. The van der Waals surface area contributed by atoms with Crippen LogP contribution in [0.2, 0.25) is 0 Å². The van der Waals surface area contributed by atoms with Crippen LogP contribution in [0.3, 0.4) is 0 Å². The summed E-state index contributed by atoms with van der Waals surface area (Å²) in [4.78, 5) is 28.6.